The predicted octanol–water partition coefficient (Wildman–Crippen LogP) is 3.19. The second-order valence-corrected chi connectivity index (χ2v) is 4.87. The summed E-state index contributed by atoms with van der Waals surface area (Å²) >= 11 is 6.14. The van der Waals surface area contributed by atoms with Crippen molar-refractivity contribution in [2.75, 3.05) is 14.2 Å². The Hall–Kier alpha value is -2.01. The Morgan fingerprint density at radius 2 is 2.10 bits per heavy atom. The number of hydrogen-bond acceptors (Lipinski definition) is 4. The molecule has 0 radical (unpaired) electrons. The smallest absolute Gasteiger partial charge is 0.211 e. The number of carbonyl (C=O) groups excluding carboxylic acids is 1. The Kier molecular flexibility index (Phi) is 4.85. The summed E-state index contributed by atoms with van der Waals surface area (Å²) < 4.78 is 12.1. The molecule has 6 heteroatoms. The number of nitrogens with zero attached hydrogens (tertiary/aromatic N) is 2. The van der Waals surface area contributed by atoms with Gasteiger partial charge in [-0.3, -0.25) is 9.48 Å². The normalized spacial score (nSPS) is 10.5. The quantitative estimate of drug-likeness (QED) is 0.769. The molecule has 2 aromatic rings. The van der Waals surface area contributed by atoms with E-state index in [9.17, 15) is 4.79 Å². The van der Waals surface area contributed by atoms with Crippen molar-refractivity contribution >= 4 is 17.4 Å². The predicted molar refractivity (Wildman–Crippen MR) is 80.5 cm³/mol. The number of rotatable bonds is 6. The third kappa shape index (κ3) is 3.03. The van der Waals surface area contributed by atoms with Crippen LogP contribution >= 0.6 is 11.6 Å². The van der Waals surface area contributed by atoms with Gasteiger partial charge in [-0.05, 0) is 24.6 Å². The van der Waals surface area contributed by atoms with Gasteiger partial charge in [0.05, 0.1) is 19.2 Å². The molecule has 0 aliphatic heterocycles. The molecule has 0 fully saturated rings. The van der Waals surface area contributed by atoms with E-state index in [-0.39, 0.29) is 5.78 Å². The molecular weight excluding hydrogens is 292 g/mol. The molecule has 0 amide bonds. The Morgan fingerprint density at radius 3 is 2.71 bits per heavy atom. The third-order valence-corrected chi connectivity index (χ3v) is 3.36. The van der Waals surface area contributed by atoms with Crippen LogP contribution in [0.25, 0.3) is 0 Å². The lowest BCUT2D eigenvalue weighted by Gasteiger charge is -2.11. The first-order valence-electron chi connectivity index (χ1n) is 6.60. The standard InChI is InChI=1S/C15H17ClN2O3/c1-4-7-18-12(5-6-17-18)14(19)10-8-11(16)15(21-3)13(9-10)20-2/h5-6,8-9H,4,7H2,1-3H3. The number of benzene rings is 1. The van der Waals surface area contributed by atoms with Crippen LogP contribution in [-0.2, 0) is 6.54 Å². The van der Waals surface area contributed by atoms with Gasteiger partial charge in [-0.25, -0.2) is 0 Å². The summed E-state index contributed by atoms with van der Waals surface area (Å²) in [7, 11) is 3.01. The zero-order valence-corrected chi connectivity index (χ0v) is 13.0. The highest BCUT2D eigenvalue weighted by atomic mass is 35.5. The van der Waals surface area contributed by atoms with Crippen LogP contribution in [0.4, 0.5) is 0 Å². The molecule has 0 atom stereocenters. The molecular formula is C15H17ClN2O3. The van der Waals surface area contributed by atoms with Gasteiger partial charge >= 0.3 is 0 Å². The number of hydrogen-bond donors (Lipinski definition) is 0. The summed E-state index contributed by atoms with van der Waals surface area (Å²) in [6, 6.07) is 4.90. The number of halogens is 1. The van der Waals surface area contributed by atoms with Crippen LogP contribution in [0.2, 0.25) is 5.02 Å². The average Bonchev–Trinajstić information content (AvgIpc) is 2.94. The summed E-state index contributed by atoms with van der Waals surface area (Å²) in [6.07, 6.45) is 2.51. The summed E-state index contributed by atoms with van der Waals surface area (Å²) in [6.45, 7) is 2.72. The Bertz CT molecular complexity index is 652. The monoisotopic (exact) mass is 308 g/mol. The van der Waals surface area contributed by atoms with Crippen molar-refractivity contribution in [2.24, 2.45) is 0 Å². The van der Waals surface area contributed by atoms with Crippen molar-refractivity contribution in [3.63, 3.8) is 0 Å². The van der Waals surface area contributed by atoms with Crippen LogP contribution in [-0.4, -0.2) is 29.8 Å². The van der Waals surface area contributed by atoms with Gasteiger partial charge in [0.25, 0.3) is 0 Å². The van der Waals surface area contributed by atoms with Crippen molar-refractivity contribution in [3.8, 4) is 11.5 Å². The van der Waals surface area contributed by atoms with Crippen LogP contribution in [0.5, 0.6) is 11.5 Å². The SMILES string of the molecule is CCCn1nccc1C(=O)c1cc(Cl)c(OC)c(OC)c1. The number of ketones is 1. The summed E-state index contributed by atoms with van der Waals surface area (Å²) in [5.41, 5.74) is 0.968. The molecule has 0 aliphatic carbocycles. The van der Waals surface area contributed by atoms with Gasteiger partial charge in [-0.2, -0.15) is 5.10 Å². The van der Waals surface area contributed by atoms with E-state index in [4.69, 9.17) is 21.1 Å². The molecule has 0 N–H and O–H groups in total. The maximum Gasteiger partial charge on any atom is 0.211 e. The molecule has 1 aromatic heterocycles. The maximum atomic E-state index is 12.6. The molecule has 1 aromatic carbocycles. The average molecular weight is 309 g/mol. The van der Waals surface area contributed by atoms with Crippen LogP contribution in [0.15, 0.2) is 24.4 Å². The van der Waals surface area contributed by atoms with Gasteiger partial charge in [0.2, 0.25) is 5.78 Å². The first-order valence-corrected chi connectivity index (χ1v) is 6.98. The topological polar surface area (TPSA) is 53.4 Å². The van der Waals surface area contributed by atoms with Crippen molar-refractivity contribution in [2.45, 2.75) is 19.9 Å². The van der Waals surface area contributed by atoms with Crippen molar-refractivity contribution in [1.29, 1.82) is 0 Å². The summed E-state index contributed by atoms with van der Waals surface area (Å²) in [5.74, 6) is 0.691. The van der Waals surface area contributed by atoms with Gasteiger partial charge in [0.15, 0.2) is 11.5 Å². The molecule has 112 valence electrons. The van der Waals surface area contributed by atoms with E-state index in [1.165, 1.54) is 14.2 Å². The molecule has 5 nitrogen and oxygen atoms in total. The lowest BCUT2D eigenvalue weighted by atomic mass is 10.1. The zero-order valence-electron chi connectivity index (χ0n) is 12.2. The van der Waals surface area contributed by atoms with E-state index in [2.05, 4.69) is 5.10 Å². The van der Waals surface area contributed by atoms with E-state index in [1.54, 1.807) is 29.1 Å². The number of carbonyl (C=O) groups is 1. The number of aromatic nitrogens is 2. The fraction of sp³-hybridized carbons (Fsp3) is 0.333. The molecule has 0 bridgehead atoms. The maximum absolute atomic E-state index is 12.6. The highest BCUT2D eigenvalue weighted by molar-refractivity contribution is 6.33. The van der Waals surface area contributed by atoms with Crippen molar-refractivity contribution < 1.29 is 14.3 Å². The van der Waals surface area contributed by atoms with Crippen LogP contribution < -0.4 is 9.47 Å². The minimum absolute atomic E-state index is 0.149. The largest absolute Gasteiger partial charge is 0.493 e. The minimum atomic E-state index is -0.149. The molecule has 0 saturated carbocycles. The first kappa shape index (κ1) is 15.4. The van der Waals surface area contributed by atoms with Gasteiger partial charge in [-0.1, -0.05) is 18.5 Å². The van der Waals surface area contributed by atoms with Crippen LogP contribution in [0, 0.1) is 0 Å². The van der Waals surface area contributed by atoms with Crippen molar-refractivity contribution in [1.82, 2.24) is 9.78 Å². The molecule has 0 spiro atoms. The van der Waals surface area contributed by atoms with E-state index in [0.29, 0.717) is 34.3 Å². The molecule has 1 heterocycles. The van der Waals surface area contributed by atoms with Gasteiger partial charge in [0.1, 0.15) is 5.69 Å². The summed E-state index contributed by atoms with van der Waals surface area (Å²) in [5, 5.41) is 4.49. The molecule has 2 rings (SSSR count). The van der Waals surface area contributed by atoms with Crippen LogP contribution in [0.1, 0.15) is 29.4 Å². The second-order valence-electron chi connectivity index (χ2n) is 4.46. The molecule has 0 unspecified atom stereocenters. The zero-order chi connectivity index (χ0) is 15.4. The highest BCUT2D eigenvalue weighted by Gasteiger charge is 2.19. The highest BCUT2D eigenvalue weighted by Crippen LogP contribution is 2.36. The lowest BCUT2D eigenvalue weighted by Crippen LogP contribution is -2.11. The first-order chi connectivity index (χ1) is 10.1. The summed E-state index contributed by atoms with van der Waals surface area (Å²) in [4.78, 5) is 12.6. The Morgan fingerprint density at radius 1 is 1.33 bits per heavy atom. The second kappa shape index (κ2) is 6.63. The number of methoxy groups -OCH3 is 2. The molecule has 0 aliphatic rings. The van der Waals surface area contributed by atoms with Gasteiger partial charge < -0.3 is 9.47 Å². The van der Waals surface area contributed by atoms with E-state index < -0.39 is 0 Å². The van der Waals surface area contributed by atoms with Crippen molar-refractivity contribution in [3.05, 3.63) is 40.7 Å². The fourth-order valence-electron chi connectivity index (χ4n) is 2.11. The Balaban J connectivity index is 2.44. The van der Waals surface area contributed by atoms with Crippen LogP contribution in [0.3, 0.4) is 0 Å². The van der Waals surface area contributed by atoms with E-state index in [1.807, 2.05) is 6.92 Å². The van der Waals surface area contributed by atoms with E-state index in [0.717, 1.165) is 6.42 Å². The number of ether oxygens (including phenoxy) is 2. The lowest BCUT2D eigenvalue weighted by molar-refractivity contribution is 0.102. The van der Waals surface area contributed by atoms with Gasteiger partial charge in [-0.15, -0.1) is 0 Å². The minimum Gasteiger partial charge on any atom is -0.493 e. The molecule has 21 heavy (non-hydrogen) atoms. The third-order valence-electron chi connectivity index (χ3n) is 3.08. The van der Waals surface area contributed by atoms with E-state index >= 15 is 0 Å². The fourth-order valence-corrected chi connectivity index (χ4v) is 2.40. The van der Waals surface area contributed by atoms with Gasteiger partial charge in [0, 0.05) is 18.3 Å². The Labute approximate surface area is 128 Å². The number of aryl methyl sites for hydroxylation is 1. The molecule has 0 saturated heterocycles.